The van der Waals surface area contributed by atoms with Crippen LogP contribution < -0.4 is 4.57 Å². The summed E-state index contributed by atoms with van der Waals surface area (Å²) in [6, 6.07) is 11.1. The molecule has 27 heavy (non-hydrogen) atoms. The normalized spacial score (nSPS) is 13.0. The van der Waals surface area contributed by atoms with Crippen molar-refractivity contribution in [3.05, 3.63) is 54.4 Å². The van der Waals surface area contributed by atoms with Gasteiger partial charge in [0.05, 0.1) is 0 Å². The Morgan fingerprint density at radius 2 is 1.56 bits per heavy atom. The van der Waals surface area contributed by atoms with Crippen LogP contribution in [0.15, 0.2) is 48.8 Å². The van der Waals surface area contributed by atoms with Crippen molar-refractivity contribution in [2.75, 3.05) is 0 Å². The summed E-state index contributed by atoms with van der Waals surface area (Å²) in [5.74, 6) is 0. The van der Waals surface area contributed by atoms with E-state index in [-0.39, 0.29) is 0 Å². The molecule has 0 aliphatic carbocycles. The molecule has 1 aromatic carbocycles. The summed E-state index contributed by atoms with van der Waals surface area (Å²) >= 11 is 0. The maximum Gasteiger partial charge on any atom is 0.376 e. The zero-order valence-corrected chi connectivity index (χ0v) is 16.6. The molecular weight excluding hydrogens is 392 g/mol. The third-order valence-corrected chi connectivity index (χ3v) is 8.00. The molecule has 0 bridgehead atoms. The van der Waals surface area contributed by atoms with Crippen molar-refractivity contribution in [1.29, 1.82) is 0 Å². The summed E-state index contributed by atoms with van der Waals surface area (Å²) in [6.07, 6.45) is 6.01. The smallest absolute Gasteiger partial charge is 0.363 e. The molecule has 8 nitrogen and oxygen atoms in total. The molecule has 0 fully saturated rings. The zero-order chi connectivity index (χ0) is 20.3. The van der Waals surface area contributed by atoms with Gasteiger partial charge < -0.3 is 24.7 Å². The molecule has 10 heteroatoms. The van der Waals surface area contributed by atoms with Crippen LogP contribution in [0.5, 0.6) is 0 Å². The highest BCUT2D eigenvalue weighted by Crippen LogP contribution is 2.67. The Morgan fingerprint density at radius 1 is 0.963 bits per heavy atom. The Bertz CT molecular complexity index is 851. The van der Waals surface area contributed by atoms with E-state index in [1.165, 1.54) is 18.0 Å². The number of aliphatic hydroxyl groups is 1. The van der Waals surface area contributed by atoms with Gasteiger partial charge in [-0.05, 0) is 30.0 Å². The minimum absolute atomic E-state index is 0.679. The van der Waals surface area contributed by atoms with Crippen LogP contribution in [-0.4, -0.2) is 29.8 Å². The fraction of sp³-hybridized carbons (Fsp3) is 0.353. The van der Waals surface area contributed by atoms with E-state index in [1.54, 1.807) is 12.1 Å². The minimum atomic E-state index is -5.51. The second-order valence-electron chi connectivity index (χ2n) is 6.43. The topological polar surface area (TPSA) is 139 Å². The van der Waals surface area contributed by atoms with Crippen molar-refractivity contribution in [3.8, 4) is 11.1 Å². The minimum Gasteiger partial charge on any atom is -0.363 e. The lowest BCUT2D eigenvalue weighted by atomic mass is 10.0. The lowest BCUT2D eigenvalue weighted by Crippen LogP contribution is -2.47. The lowest BCUT2D eigenvalue weighted by molar-refractivity contribution is -0.703. The Kier molecular flexibility index (Phi) is 6.77. The summed E-state index contributed by atoms with van der Waals surface area (Å²) in [5, 5.41) is 6.58. The van der Waals surface area contributed by atoms with Crippen LogP contribution in [0.2, 0.25) is 0 Å². The molecule has 2 aromatic rings. The largest absolute Gasteiger partial charge is 0.376 e. The molecule has 0 aliphatic rings. The van der Waals surface area contributed by atoms with Crippen LogP contribution in [0.4, 0.5) is 0 Å². The monoisotopic (exact) mass is 416 g/mol. The van der Waals surface area contributed by atoms with E-state index in [4.69, 9.17) is 0 Å². The second-order valence-corrected chi connectivity index (χ2v) is 10.4. The van der Waals surface area contributed by atoms with E-state index in [0.29, 0.717) is 5.56 Å². The summed E-state index contributed by atoms with van der Waals surface area (Å²) < 4.78 is 24.2. The predicted octanol–water partition coefficient (Wildman–Crippen LogP) is 1.99. The van der Waals surface area contributed by atoms with E-state index in [2.05, 4.69) is 6.92 Å². The van der Waals surface area contributed by atoms with E-state index in [9.17, 15) is 33.8 Å². The van der Waals surface area contributed by atoms with Crippen LogP contribution in [-0.2, 0) is 22.1 Å². The molecule has 1 aromatic heterocycles. The van der Waals surface area contributed by atoms with Crippen molar-refractivity contribution in [2.45, 2.75) is 37.8 Å². The molecular formula is C17H24NO7P2+. The van der Waals surface area contributed by atoms with Gasteiger partial charge in [-0.25, -0.2) is 4.57 Å². The number of aryl methyl sites for hydroxylation is 1. The van der Waals surface area contributed by atoms with Gasteiger partial charge in [-0.2, -0.15) is 0 Å². The van der Waals surface area contributed by atoms with Crippen molar-refractivity contribution >= 4 is 15.2 Å². The molecule has 148 valence electrons. The molecule has 0 spiro atoms. The van der Waals surface area contributed by atoms with Gasteiger partial charge in [0.25, 0.3) is 0 Å². The first-order valence-electron chi connectivity index (χ1n) is 8.40. The van der Waals surface area contributed by atoms with Crippen LogP contribution in [0.1, 0.15) is 25.3 Å². The van der Waals surface area contributed by atoms with Crippen LogP contribution in [0.25, 0.3) is 11.1 Å². The Hall–Kier alpha value is -1.37. The lowest BCUT2D eigenvalue weighted by Gasteiger charge is -2.26. The predicted molar refractivity (Wildman–Crippen MR) is 99.7 cm³/mol. The number of hydrogen-bond acceptors (Lipinski definition) is 3. The van der Waals surface area contributed by atoms with E-state index in [0.717, 1.165) is 29.4 Å². The fourth-order valence-corrected chi connectivity index (χ4v) is 4.69. The van der Waals surface area contributed by atoms with Crippen molar-refractivity contribution in [3.63, 3.8) is 0 Å². The summed E-state index contributed by atoms with van der Waals surface area (Å²) in [4.78, 5) is 37.1. The van der Waals surface area contributed by atoms with Crippen molar-refractivity contribution in [1.82, 2.24) is 0 Å². The molecule has 0 aliphatic heterocycles. The fourth-order valence-electron chi connectivity index (χ4n) is 2.63. The average molecular weight is 416 g/mol. The Labute approximate surface area is 157 Å². The number of rotatable bonds is 8. The molecule has 5 N–H and O–H groups in total. The quantitative estimate of drug-likeness (QED) is 0.328. The summed E-state index contributed by atoms with van der Waals surface area (Å²) in [6.45, 7) is 1.16. The van der Waals surface area contributed by atoms with E-state index < -0.39 is 26.8 Å². The highest BCUT2D eigenvalue weighted by atomic mass is 31.2. The molecule has 0 saturated carbocycles. The van der Waals surface area contributed by atoms with Crippen LogP contribution >= 0.6 is 15.2 Å². The van der Waals surface area contributed by atoms with Crippen LogP contribution in [0, 0.1) is 0 Å². The third-order valence-electron chi connectivity index (χ3n) is 4.29. The van der Waals surface area contributed by atoms with Gasteiger partial charge in [-0.3, -0.25) is 9.13 Å². The van der Waals surface area contributed by atoms with Gasteiger partial charge in [-0.15, -0.1) is 0 Å². The van der Waals surface area contributed by atoms with Crippen molar-refractivity contribution < 1.29 is 38.4 Å². The summed E-state index contributed by atoms with van der Waals surface area (Å²) in [7, 11) is -11.0. The molecule has 0 amide bonds. The maximum absolute atomic E-state index is 11.5. The molecule has 0 unspecified atom stereocenters. The first-order chi connectivity index (χ1) is 12.5. The number of hydrogen-bond donors (Lipinski definition) is 5. The second kappa shape index (κ2) is 8.33. The highest BCUT2D eigenvalue weighted by Gasteiger charge is 2.62. The number of unbranched alkanes of at least 4 members (excludes halogenated alkanes) is 1. The van der Waals surface area contributed by atoms with Crippen LogP contribution in [0.3, 0.4) is 0 Å². The number of benzene rings is 1. The standard InChI is InChI=1S/C17H23NO7P2/c1-2-3-5-14-7-9-15(10-8-14)16-6-4-11-18(12-16)13-17(19,26(20,21)22)27(23,24)25/h4,6-12,19H,2-3,5,13H2,1H3,(H3-,20,21,22,23,24,25)/p+1. The molecule has 0 radical (unpaired) electrons. The molecule has 2 rings (SSSR count). The first-order valence-corrected chi connectivity index (χ1v) is 11.6. The van der Waals surface area contributed by atoms with Gasteiger partial charge in [0.1, 0.15) is 0 Å². The van der Waals surface area contributed by atoms with E-state index in [1.807, 2.05) is 24.3 Å². The zero-order valence-electron chi connectivity index (χ0n) is 14.8. The Morgan fingerprint density at radius 3 is 2.07 bits per heavy atom. The first kappa shape index (κ1) is 21.9. The molecule has 0 saturated heterocycles. The average Bonchev–Trinajstić information content (AvgIpc) is 2.58. The van der Waals surface area contributed by atoms with Crippen molar-refractivity contribution in [2.24, 2.45) is 0 Å². The van der Waals surface area contributed by atoms with E-state index >= 15 is 0 Å². The van der Waals surface area contributed by atoms with Gasteiger partial charge in [0, 0.05) is 11.6 Å². The molecule has 0 atom stereocenters. The van der Waals surface area contributed by atoms with Gasteiger partial charge in [0.2, 0.25) is 6.54 Å². The van der Waals surface area contributed by atoms with Gasteiger partial charge >= 0.3 is 20.3 Å². The number of nitrogens with zero attached hydrogens (tertiary/aromatic N) is 1. The SMILES string of the molecule is CCCCc1ccc(-c2ccc[n+](CC(O)(P(=O)(O)O)P(=O)(O)O)c2)cc1. The summed E-state index contributed by atoms with van der Waals surface area (Å²) in [5.41, 5.74) is 2.71. The number of aromatic nitrogens is 1. The van der Waals surface area contributed by atoms with Gasteiger partial charge in [0.15, 0.2) is 12.4 Å². The number of pyridine rings is 1. The molecule has 1 heterocycles. The third kappa shape index (κ3) is 5.12. The van der Waals surface area contributed by atoms with Gasteiger partial charge in [-0.1, -0.05) is 37.6 Å². The maximum atomic E-state index is 11.5. The Balaban J connectivity index is 2.32. The highest BCUT2D eigenvalue weighted by molar-refractivity contribution is 7.72.